The molecule has 0 bridgehead atoms. The molecule has 0 spiro atoms. The summed E-state index contributed by atoms with van der Waals surface area (Å²) in [5.74, 6) is 0. The van der Waals surface area contributed by atoms with Crippen molar-refractivity contribution in [3.05, 3.63) is 35.9 Å². The predicted octanol–water partition coefficient (Wildman–Crippen LogP) is 2.10. The molecule has 3 nitrogen and oxygen atoms in total. The van der Waals surface area contributed by atoms with Gasteiger partial charge in [-0.25, -0.2) is 0 Å². The minimum absolute atomic E-state index is 0.164. The Morgan fingerprint density at radius 3 is 2.76 bits per heavy atom. The molecular formula is C14H21NO2. The van der Waals surface area contributed by atoms with Gasteiger partial charge in [-0.3, -0.25) is 0 Å². The molecule has 1 unspecified atom stereocenters. The zero-order chi connectivity index (χ0) is 12.0. The molecular weight excluding hydrogens is 214 g/mol. The molecule has 1 aromatic rings. The molecule has 0 saturated carbocycles. The summed E-state index contributed by atoms with van der Waals surface area (Å²) < 4.78 is 11.6. The molecule has 1 aromatic carbocycles. The average Bonchev–Trinajstić information content (AvgIpc) is 2.39. The van der Waals surface area contributed by atoms with E-state index in [2.05, 4.69) is 12.1 Å². The van der Waals surface area contributed by atoms with E-state index in [9.17, 15) is 0 Å². The van der Waals surface area contributed by atoms with E-state index in [-0.39, 0.29) is 5.60 Å². The minimum atomic E-state index is -0.164. The Balaban J connectivity index is 1.93. The predicted molar refractivity (Wildman–Crippen MR) is 67.7 cm³/mol. The number of benzene rings is 1. The zero-order valence-electron chi connectivity index (χ0n) is 10.2. The van der Waals surface area contributed by atoms with Crippen LogP contribution in [-0.2, 0) is 16.1 Å². The molecule has 17 heavy (non-hydrogen) atoms. The van der Waals surface area contributed by atoms with Gasteiger partial charge >= 0.3 is 0 Å². The first-order valence-electron chi connectivity index (χ1n) is 6.30. The van der Waals surface area contributed by atoms with Gasteiger partial charge < -0.3 is 15.2 Å². The summed E-state index contributed by atoms with van der Waals surface area (Å²) >= 11 is 0. The van der Waals surface area contributed by atoms with Crippen molar-refractivity contribution in [1.82, 2.24) is 0 Å². The largest absolute Gasteiger partial charge is 0.378 e. The summed E-state index contributed by atoms with van der Waals surface area (Å²) in [6.45, 7) is 2.82. The van der Waals surface area contributed by atoms with Crippen molar-refractivity contribution < 1.29 is 9.47 Å². The molecule has 0 aromatic heterocycles. The summed E-state index contributed by atoms with van der Waals surface area (Å²) in [5.41, 5.74) is 6.72. The summed E-state index contributed by atoms with van der Waals surface area (Å²) in [6, 6.07) is 10.2. The van der Waals surface area contributed by atoms with Gasteiger partial charge in [0.15, 0.2) is 0 Å². The van der Waals surface area contributed by atoms with Crippen LogP contribution in [0.3, 0.4) is 0 Å². The third-order valence-electron chi connectivity index (χ3n) is 3.27. The zero-order valence-corrected chi connectivity index (χ0v) is 10.2. The molecule has 1 atom stereocenters. The molecule has 2 N–H and O–H groups in total. The quantitative estimate of drug-likeness (QED) is 0.850. The second-order valence-electron chi connectivity index (χ2n) is 4.65. The summed E-state index contributed by atoms with van der Waals surface area (Å²) in [6.07, 6.45) is 2.99. The highest BCUT2D eigenvalue weighted by Gasteiger charge is 2.33. The van der Waals surface area contributed by atoms with E-state index >= 15 is 0 Å². The van der Waals surface area contributed by atoms with E-state index in [0.717, 1.165) is 25.9 Å². The van der Waals surface area contributed by atoms with Crippen LogP contribution in [0.2, 0.25) is 0 Å². The van der Waals surface area contributed by atoms with E-state index in [1.165, 1.54) is 5.56 Å². The van der Waals surface area contributed by atoms with Gasteiger partial charge in [0.1, 0.15) is 0 Å². The third kappa shape index (κ3) is 3.53. The molecule has 0 radical (unpaired) electrons. The molecule has 1 heterocycles. The third-order valence-corrected chi connectivity index (χ3v) is 3.27. The van der Waals surface area contributed by atoms with Crippen LogP contribution in [0.4, 0.5) is 0 Å². The van der Waals surface area contributed by atoms with Crippen LogP contribution in [0.5, 0.6) is 0 Å². The highest BCUT2D eigenvalue weighted by molar-refractivity contribution is 5.13. The van der Waals surface area contributed by atoms with E-state index < -0.39 is 0 Å². The number of nitrogens with two attached hydrogens (primary N) is 1. The second-order valence-corrected chi connectivity index (χ2v) is 4.65. The highest BCUT2D eigenvalue weighted by atomic mass is 16.5. The molecule has 94 valence electrons. The highest BCUT2D eigenvalue weighted by Crippen LogP contribution is 2.27. The first kappa shape index (κ1) is 12.6. The Hall–Kier alpha value is -0.900. The SMILES string of the molecule is NCCC1(OCc2ccccc2)CCCOC1. The Morgan fingerprint density at radius 2 is 2.12 bits per heavy atom. The fraction of sp³-hybridized carbons (Fsp3) is 0.571. The molecule has 1 aliphatic rings. The summed E-state index contributed by atoms with van der Waals surface area (Å²) in [5, 5.41) is 0. The van der Waals surface area contributed by atoms with Crippen molar-refractivity contribution in [2.24, 2.45) is 5.73 Å². The maximum absolute atomic E-state index is 6.09. The van der Waals surface area contributed by atoms with Crippen LogP contribution in [0, 0.1) is 0 Å². The van der Waals surface area contributed by atoms with Gasteiger partial charge in [-0.2, -0.15) is 0 Å². The minimum Gasteiger partial charge on any atom is -0.378 e. The lowest BCUT2D eigenvalue weighted by Crippen LogP contribution is -2.43. The van der Waals surface area contributed by atoms with Crippen LogP contribution in [0.25, 0.3) is 0 Å². The fourth-order valence-electron chi connectivity index (χ4n) is 2.28. The van der Waals surface area contributed by atoms with Gasteiger partial charge in [-0.15, -0.1) is 0 Å². The van der Waals surface area contributed by atoms with Crippen molar-refractivity contribution in [2.45, 2.75) is 31.5 Å². The topological polar surface area (TPSA) is 44.5 Å². The van der Waals surface area contributed by atoms with E-state index in [1.807, 2.05) is 18.2 Å². The van der Waals surface area contributed by atoms with Crippen LogP contribution >= 0.6 is 0 Å². The molecule has 3 heteroatoms. The Kier molecular flexibility index (Phi) is 4.54. The van der Waals surface area contributed by atoms with Crippen molar-refractivity contribution in [3.8, 4) is 0 Å². The van der Waals surface area contributed by atoms with Crippen molar-refractivity contribution >= 4 is 0 Å². The molecule has 0 amide bonds. The normalized spacial score (nSPS) is 24.8. The van der Waals surface area contributed by atoms with Gasteiger partial charge in [0, 0.05) is 6.61 Å². The van der Waals surface area contributed by atoms with E-state index in [0.29, 0.717) is 19.8 Å². The monoisotopic (exact) mass is 235 g/mol. The molecule has 1 saturated heterocycles. The summed E-state index contributed by atoms with van der Waals surface area (Å²) in [4.78, 5) is 0. The fourth-order valence-corrected chi connectivity index (χ4v) is 2.28. The van der Waals surface area contributed by atoms with Gasteiger partial charge in [-0.05, 0) is 31.4 Å². The number of hydrogen-bond donors (Lipinski definition) is 1. The van der Waals surface area contributed by atoms with Crippen molar-refractivity contribution in [2.75, 3.05) is 19.8 Å². The lowest BCUT2D eigenvalue weighted by atomic mass is 9.92. The van der Waals surface area contributed by atoms with Crippen molar-refractivity contribution in [1.29, 1.82) is 0 Å². The molecule has 2 rings (SSSR count). The van der Waals surface area contributed by atoms with Crippen LogP contribution in [-0.4, -0.2) is 25.4 Å². The van der Waals surface area contributed by atoms with Gasteiger partial charge in [0.2, 0.25) is 0 Å². The van der Waals surface area contributed by atoms with E-state index in [1.54, 1.807) is 0 Å². The first-order valence-corrected chi connectivity index (χ1v) is 6.30. The Bertz CT molecular complexity index is 315. The second kappa shape index (κ2) is 6.15. The number of ether oxygens (including phenoxy) is 2. The molecule has 1 aliphatic heterocycles. The lowest BCUT2D eigenvalue weighted by molar-refractivity contribution is -0.138. The maximum atomic E-state index is 6.09. The van der Waals surface area contributed by atoms with Gasteiger partial charge in [0.05, 0.1) is 18.8 Å². The molecule has 1 fully saturated rings. The van der Waals surface area contributed by atoms with Crippen molar-refractivity contribution in [3.63, 3.8) is 0 Å². The molecule has 0 aliphatic carbocycles. The average molecular weight is 235 g/mol. The van der Waals surface area contributed by atoms with Gasteiger partial charge in [-0.1, -0.05) is 30.3 Å². The van der Waals surface area contributed by atoms with E-state index in [4.69, 9.17) is 15.2 Å². The first-order chi connectivity index (χ1) is 8.35. The summed E-state index contributed by atoms with van der Waals surface area (Å²) in [7, 11) is 0. The van der Waals surface area contributed by atoms with Gasteiger partial charge in [0.25, 0.3) is 0 Å². The van der Waals surface area contributed by atoms with Crippen LogP contribution in [0.15, 0.2) is 30.3 Å². The maximum Gasteiger partial charge on any atom is 0.0932 e. The standard InChI is InChI=1S/C14H21NO2/c15-9-8-14(7-4-10-16-12-14)17-11-13-5-2-1-3-6-13/h1-3,5-6H,4,7-12,15H2. The number of rotatable bonds is 5. The van der Waals surface area contributed by atoms with Crippen LogP contribution in [0.1, 0.15) is 24.8 Å². The number of hydrogen-bond acceptors (Lipinski definition) is 3. The smallest absolute Gasteiger partial charge is 0.0932 e. The lowest BCUT2D eigenvalue weighted by Gasteiger charge is -2.36. The Labute approximate surface area is 103 Å². The Morgan fingerprint density at radius 1 is 1.29 bits per heavy atom. The van der Waals surface area contributed by atoms with Crippen LogP contribution < -0.4 is 5.73 Å².